The summed E-state index contributed by atoms with van der Waals surface area (Å²) < 4.78 is 0. The molecule has 0 bridgehead atoms. The van der Waals surface area contributed by atoms with E-state index in [2.05, 4.69) is 74.7 Å². The van der Waals surface area contributed by atoms with Crippen LogP contribution in [0, 0.1) is 19.8 Å². The highest BCUT2D eigenvalue weighted by Gasteiger charge is 2.42. The molecule has 0 heterocycles. The summed E-state index contributed by atoms with van der Waals surface area (Å²) in [5, 5.41) is 3.55. The van der Waals surface area contributed by atoms with E-state index in [-0.39, 0.29) is 0 Å². The lowest BCUT2D eigenvalue weighted by molar-refractivity contribution is 0.491. The number of nitrogens with one attached hydrogen (secondary N) is 1. The van der Waals surface area contributed by atoms with Gasteiger partial charge in [-0.15, -0.1) is 0 Å². The van der Waals surface area contributed by atoms with Crippen molar-refractivity contribution >= 4 is 0 Å². The van der Waals surface area contributed by atoms with Gasteiger partial charge in [-0.2, -0.15) is 0 Å². The third-order valence-corrected chi connectivity index (χ3v) is 4.98. The van der Waals surface area contributed by atoms with Crippen LogP contribution in [0.1, 0.15) is 34.6 Å². The number of rotatable bonds is 5. The van der Waals surface area contributed by atoms with Gasteiger partial charge in [0.2, 0.25) is 0 Å². The van der Waals surface area contributed by atoms with Gasteiger partial charge in [0, 0.05) is 6.04 Å². The number of hydrogen-bond acceptors (Lipinski definition) is 1. The Morgan fingerprint density at radius 1 is 1.05 bits per heavy atom. The maximum atomic E-state index is 3.55. The van der Waals surface area contributed by atoms with Crippen molar-refractivity contribution in [2.24, 2.45) is 5.92 Å². The van der Waals surface area contributed by atoms with Gasteiger partial charge in [0.05, 0.1) is 0 Å². The van der Waals surface area contributed by atoms with Crippen LogP contribution >= 0.6 is 0 Å². The van der Waals surface area contributed by atoms with E-state index in [0.29, 0.717) is 6.04 Å². The van der Waals surface area contributed by atoms with Crippen LogP contribution in [0.2, 0.25) is 0 Å². The van der Waals surface area contributed by atoms with E-state index in [4.69, 9.17) is 0 Å². The van der Waals surface area contributed by atoms with E-state index < -0.39 is 0 Å². The second kappa shape index (κ2) is 6.03. The molecule has 0 amide bonds. The van der Waals surface area contributed by atoms with E-state index in [9.17, 15) is 0 Å². The minimum absolute atomic E-state index is 0.581. The van der Waals surface area contributed by atoms with Crippen LogP contribution in [0.5, 0.6) is 0 Å². The Balaban J connectivity index is 1.68. The van der Waals surface area contributed by atoms with Gasteiger partial charge in [0.15, 0.2) is 0 Å². The molecule has 1 aliphatic rings. The predicted molar refractivity (Wildman–Crippen MR) is 89.8 cm³/mol. The van der Waals surface area contributed by atoms with E-state index in [1.165, 1.54) is 28.7 Å². The maximum Gasteiger partial charge on any atom is 0.0139 e. The van der Waals surface area contributed by atoms with Crippen molar-refractivity contribution in [1.82, 2.24) is 5.32 Å². The summed E-state index contributed by atoms with van der Waals surface area (Å²) in [5.74, 6) is 1.52. The lowest BCUT2D eigenvalue weighted by atomic mass is 9.97. The fourth-order valence-electron chi connectivity index (χ4n) is 3.39. The molecule has 3 unspecified atom stereocenters. The zero-order valence-corrected chi connectivity index (χ0v) is 13.3. The zero-order chi connectivity index (χ0) is 14.8. The summed E-state index contributed by atoms with van der Waals surface area (Å²) in [6, 6.07) is 18.4. The van der Waals surface area contributed by atoms with E-state index in [1.54, 1.807) is 0 Å². The summed E-state index contributed by atoms with van der Waals surface area (Å²) >= 11 is 0. The molecule has 0 aromatic heterocycles. The van der Waals surface area contributed by atoms with Crippen molar-refractivity contribution in [3.8, 4) is 0 Å². The Morgan fingerprint density at radius 3 is 2.48 bits per heavy atom. The minimum Gasteiger partial charge on any atom is -0.316 e. The molecule has 0 radical (unpaired) electrons. The molecule has 1 aliphatic carbocycles. The minimum atomic E-state index is 0.581. The van der Waals surface area contributed by atoms with Crippen LogP contribution in [0.4, 0.5) is 0 Å². The average molecular weight is 279 g/mol. The molecule has 0 saturated heterocycles. The molecule has 0 spiro atoms. The molecule has 2 aromatic carbocycles. The van der Waals surface area contributed by atoms with Crippen LogP contribution in [0.25, 0.3) is 0 Å². The van der Waals surface area contributed by atoms with Gasteiger partial charge >= 0.3 is 0 Å². The Kier molecular flexibility index (Phi) is 4.12. The molecule has 1 nitrogen and oxygen atoms in total. The topological polar surface area (TPSA) is 12.0 Å². The molecule has 3 atom stereocenters. The standard InChI is InChI=1S/C20H25N/c1-14-9-10-16(11-15(14)2)12-20(21-3)19-13-18(19)17-7-5-4-6-8-17/h4-11,18-21H,12-13H2,1-3H3. The fraction of sp³-hybridized carbons (Fsp3) is 0.400. The molecule has 2 aromatic rings. The number of benzene rings is 2. The number of aryl methyl sites for hydroxylation is 2. The lowest BCUT2D eigenvalue weighted by Crippen LogP contribution is -2.30. The molecule has 1 heteroatoms. The first-order valence-electron chi connectivity index (χ1n) is 7.97. The van der Waals surface area contributed by atoms with Crippen LogP contribution < -0.4 is 5.32 Å². The van der Waals surface area contributed by atoms with Gasteiger partial charge in [-0.1, -0.05) is 48.5 Å². The molecule has 110 valence electrons. The first kappa shape index (κ1) is 14.3. The largest absolute Gasteiger partial charge is 0.316 e. The van der Waals surface area contributed by atoms with Gasteiger partial charge in [0.25, 0.3) is 0 Å². The fourth-order valence-corrected chi connectivity index (χ4v) is 3.39. The molecule has 0 aliphatic heterocycles. The van der Waals surface area contributed by atoms with Crippen LogP contribution in [-0.2, 0) is 6.42 Å². The van der Waals surface area contributed by atoms with Crippen LogP contribution in [0.3, 0.4) is 0 Å². The van der Waals surface area contributed by atoms with Crippen molar-refractivity contribution in [2.75, 3.05) is 7.05 Å². The van der Waals surface area contributed by atoms with Crippen molar-refractivity contribution in [3.63, 3.8) is 0 Å². The molecular formula is C20H25N. The van der Waals surface area contributed by atoms with Crippen molar-refractivity contribution in [2.45, 2.75) is 38.6 Å². The zero-order valence-electron chi connectivity index (χ0n) is 13.3. The Labute approximate surface area is 128 Å². The average Bonchev–Trinajstić information content (AvgIpc) is 3.30. The predicted octanol–water partition coefficient (Wildman–Crippen LogP) is 4.24. The summed E-state index contributed by atoms with van der Waals surface area (Å²) in [5.41, 5.74) is 5.74. The lowest BCUT2D eigenvalue weighted by Gasteiger charge is -2.17. The second-order valence-corrected chi connectivity index (χ2v) is 6.43. The first-order valence-corrected chi connectivity index (χ1v) is 7.97. The van der Waals surface area contributed by atoms with Gasteiger partial charge in [-0.25, -0.2) is 0 Å². The highest BCUT2D eigenvalue weighted by atomic mass is 14.9. The number of hydrogen-bond donors (Lipinski definition) is 1. The molecule has 21 heavy (non-hydrogen) atoms. The van der Waals surface area contributed by atoms with Gasteiger partial charge in [0.1, 0.15) is 0 Å². The molecule has 1 N–H and O–H groups in total. The van der Waals surface area contributed by atoms with Crippen molar-refractivity contribution in [3.05, 3.63) is 70.8 Å². The van der Waals surface area contributed by atoms with Gasteiger partial charge in [-0.05, 0) is 67.8 Å². The molecule has 3 rings (SSSR count). The van der Waals surface area contributed by atoms with Crippen molar-refractivity contribution < 1.29 is 0 Å². The van der Waals surface area contributed by atoms with Crippen LogP contribution in [-0.4, -0.2) is 13.1 Å². The van der Waals surface area contributed by atoms with E-state index in [1.807, 2.05) is 0 Å². The SMILES string of the molecule is CNC(Cc1ccc(C)c(C)c1)C1CC1c1ccccc1. The van der Waals surface area contributed by atoms with E-state index in [0.717, 1.165) is 18.3 Å². The Morgan fingerprint density at radius 2 is 1.81 bits per heavy atom. The van der Waals surface area contributed by atoms with E-state index >= 15 is 0 Å². The highest BCUT2D eigenvalue weighted by Crippen LogP contribution is 2.49. The summed E-state index contributed by atoms with van der Waals surface area (Å²) in [6.45, 7) is 4.39. The van der Waals surface area contributed by atoms with Crippen molar-refractivity contribution in [1.29, 1.82) is 0 Å². The third kappa shape index (κ3) is 3.19. The first-order chi connectivity index (χ1) is 10.2. The Bertz CT molecular complexity index is 602. The quantitative estimate of drug-likeness (QED) is 0.863. The second-order valence-electron chi connectivity index (χ2n) is 6.43. The smallest absolute Gasteiger partial charge is 0.0139 e. The summed E-state index contributed by atoms with van der Waals surface area (Å²) in [6.07, 6.45) is 2.45. The molecular weight excluding hydrogens is 254 g/mol. The molecule has 1 fully saturated rings. The Hall–Kier alpha value is -1.60. The monoisotopic (exact) mass is 279 g/mol. The molecule has 1 saturated carbocycles. The van der Waals surface area contributed by atoms with Gasteiger partial charge in [-0.3, -0.25) is 0 Å². The summed E-state index contributed by atoms with van der Waals surface area (Å²) in [4.78, 5) is 0. The summed E-state index contributed by atoms with van der Waals surface area (Å²) in [7, 11) is 2.10. The maximum absolute atomic E-state index is 3.55. The van der Waals surface area contributed by atoms with Gasteiger partial charge < -0.3 is 5.32 Å². The van der Waals surface area contributed by atoms with Crippen LogP contribution in [0.15, 0.2) is 48.5 Å². The third-order valence-electron chi connectivity index (χ3n) is 4.98. The normalized spacial score (nSPS) is 22.0. The highest BCUT2D eigenvalue weighted by molar-refractivity contribution is 5.32. The number of likely N-dealkylation sites (N-methyl/N-ethyl adjacent to an activating group) is 1.